The van der Waals surface area contributed by atoms with E-state index >= 15 is 0 Å². The number of rotatable bonds is 4. The molecule has 140 valence electrons. The lowest BCUT2D eigenvalue weighted by Gasteiger charge is -2.31. The first-order valence-corrected chi connectivity index (χ1v) is 9.52. The van der Waals surface area contributed by atoms with Gasteiger partial charge in [0.25, 0.3) is 5.91 Å². The number of carbonyl (C=O) groups is 1. The Hall–Kier alpha value is -2.22. The number of hydrogen-bond acceptors (Lipinski definition) is 6. The Morgan fingerprint density at radius 1 is 1.19 bits per heavy atom. The highest BCUT2D eigenvalue weighted by molar-refractivity contribution is 5.92. The van der Waals surface area contributed by atoms with Gasteiger partial charge in [-0.3, -0.25) is 9.69 Å². The molecule has 0 unspecified atom stereocenters. The van der Waals surface area contributed by atoms with Crippen molar-refractivity contribution in [3.63, 3.8) is 0 Å². The smallest absolute Gasteiger partial charge is 0.276 e. The molecule has 2 aromatic heterocycles. The zero-order valence-corrected chi connectivity index (χ0v) is 15.3. The minimum absolute atomic E-state index is 0.0702. The number of aromatic nitrogens is 4. The van der Waals surface area contributed by atoms with Crippen LogP contribution in [0.15, 0.2) is 16.9 Å². The largest absolute Gasteiger partial charge is 0.364 e. The van der Waals surface area contributed by atoms with E-state index in [-0.39, 0.29) is 11.8 Å². The first-order valence-electron chi connectivity index (χ1n) is 9.52. The average Bonchev–Trinajstić information content (AvgIpc) is 3.33. The lowest BCUT2D eigenvalue weighted by molar-refractivity contribution is 0.0693. The minimum Gasteiger partial charge on any atom is -0.364 e. The van der Waals surface area contributed by atoms with Crippen molar-refractivity contribution in [2.75, 3.05) is 26.2 Å². The molecule has 2 aromatic rings. The van der Waals surface area contributed by atoms with Gasteiger partial charge in [0.2, 0.25) is 0 Å². The van der Waals surface area contributed by atoms with Gasteiger partial charge in [-0.25, -0.2) is 0 Å². The maximum Gasteiger partial charge on any atom is 0.276 e. The number of piperidine rings is 2. The van der Waals surface area contributed by atoms with Gasteiger partial charge in [0.15, 0.2) is 5.69 Å². The van der Waals surface area contributed by atoms with Crippen molar-refractivity contribution in [2.24, 2.45) is 7.05 Å². The van der Waals surface area contributed by atoms with E-state index < -0.39 is 0 Å². The van der Waals surface area contributed by atoms with Crippen LogP contribution in [0.25, 0.3) is 0 Å². The van der Waals surface area contributed by atoms with Crippen LogP contribution in [0.3, 0.4) is 0 Å². The average molecular weight is 358 g/mol. The molecule has 0 aliphatic carbocycles. The van der Waals surface area contributed by atoms with Crippen molar-refractivity contribution in [3.8, 4) is 0 Å². The van der Waals surface area contributed by atoms with Crippen LogP contribution in [0.5, 0.6) is 0 Å². The van der Waals surface area contributed by atoms with E-state index in [0.29, 0.717) is 12.2 Å². The zero-order valence-electron chi connectivity index (χ0n) is 15.3. The number of likely N-dealkylation sites (tertiary alicyclic amines) is 2. The van der Waals surface area contributed by atoms with Crippen LogP contribution in [0.2, 0.25) is 0 Å². The van der Waals surface area contributed by atoms with Gasteiger partial charge in [-0.15, -0.1) is 10.2 Å². The van der Waals surface area contributed by atoms with Crippen LogP contribution < -0.4 is 0 Å². The van der Waals surface area contributed by atoms with Crippen LogP contribution in [0.4, 0.5) is 0 Å². The molecule has 8 nitrogen and oxygen atoms in total. The van der Waals surface area contributed by atoms with Crippen molar-refractivity contribution in [2.45, 2.75) is 44.6 Å². The molecule has 0 bridgehead atoms. The van der Waals surface area contributed by atoms with Crippen molar-refractivity contribution in [3.05, 3.63) is 29.7 Å². The zero-order chi connectivity index (χ0) is 17.9. The van der Waals surface area contributed by atoms with Gasteiger partial charge < -0.3 is 14.0 Å². The Kier molecular flexibility index (Phi) is 5.01. The third-order valence-corrected chi connectivity index (χ3v) is 5.54. The first kappa shape index (κ1) is 17.2. The summed E-state index contributed by atoms with van der Waals surface area (Å²) in [5.41, 5.74) is 0.370. The summed E-state index contributed by atoms with van der Waals surface area (Å²) in [6.07, 6.45) is 7.29. The van der Waals surface area contributed by atoms with Gasteiger partial charge in [0.05, 0.1) is 6.54 Å². The topological polar surface area (TPSA) is 80.3 Å². The van der Waals surface area contributed by atoms with Gasteiger partial charge in [0, 0.05) is 32.1 Å². The summed E-state index contributed by atoms with van der Waals surface area (Å²) in [5, 5.41) is 12.7. The predicted molar refractivity (Wildman–Crippen MR) is 94.5 cm³/mol. The second-order valence-electron chi connectivity index (χ2n) is 7.35. The lowest BCUT2D eigenvalue weighted by Crippen LogP contribution is -2.40. The fraction of sp³-hybridized carbons (Fsp3) is 0.667. The second-order valence-corrected chi connectivity index (χ2v) is 7.35. The molecule has 1 atom stereocenters. The van der Waals surface area contributed by atoms with Crippen LogP contribution >= 0.6 is 0 Å². The van der Waals surface area contributed by atoms with Crippen molar-refractivity contribution < 1.29 is 9.32 Å². The normalized spacial score (nSPS) is 21.9. The number of nitrogens with zero attached hydrogens (tertiary/aromatic N) is 6. The quantitative estimate of drug-likeness (QED) is 0.829. The lowest BCUT2D eigenvalue weighted by atomic mass is 9.97. The summed E-state index contributed by atoms with van der Waals surface area (Å²) in [6.45, 7) is 4.55. The van der Waals surface area contributed by atoms with Crippen molar-refractivity contribution in [1.29, 1.82) is 0 Å². The third-order valence-electron chi connectivity index (χ3n) is 5.54. The summed E-state index contributed by atoms with van der Waals surface area (Å²) in [5.74, 6) is 2.14. The molecular weight excluding hydrogens is 332 g/mol. The van der Waals surface area contributed by atoms with Crippen molar-refractivity contribution in [1.82, 2.24) is 29.7 Å². The number of hydrogen-bond donors (Lipinski definition) is 0. The predicted octanol–water partition coefficient (Wildman–Crippen LogP) is 1.81. The molecule has 0 aromatic carbocycles. The molecule has 0 spiro atoms. The summed E-state index contributed by atoms with van der Waals surface area (Å²) in [4.78, 5) is 16.9. The van der Waals surface area contributed by atoms with Crippen molar-refractivity contribution >= 4 is 5.91 Å². The van der Waals surface area contributed by atoms with Crippen LogP contribution in [-0.2, 0) is 13.6 Å². The third kappa shape index (κ3) is 3.51. The van der Waals surface area contributed by atoms with Gasteiger partial charge in [-0.05, 0) is 38.8 Å². The molecule has 0 radical (unpaired) electrons. The molecule has 2 saturated heterocycles. The van der Waals surface area contributed by atoms with Gasteiger partial charge >= 0.3 is 0 Å². The first-order chi connectivity index (χ1) is 12.7. The molecule has 2 aliphatic rings. The number of carbonyl (C=O) groups excluding carboxylic acids is 1. The standard InChI is InChI=1S/C18H26N6O2/c1-22-16(13-23-8-3-2-4-9-23)19-20-17(22)14-6-5-10-24(12-14)18(25)15-7-11-26-21-15/h7,11,14H,2-6,8-10,12-13H2,1H3/t14-/m1/s1. The molecule has 2 aliphatic heterocycles. The molecule has 4 rings (SSSR count). The Morgan fingerprint density at radius 2 is 2.04 bits per heavy atom. The molecule has 26 heavy (non-hydrogen) atoms. The Balaban J connectivity index is 1.44. The second kappa shape index (κ2) is 7.57. The molecule has 1 amide bonds. The highest BCUT2D eigenvalue weighted by atomic mass is 16.5. The number of amides is 1. The molecular formula is C18H26N6O2. The molecule has 2 fully saturated rings. The fourth-order valence-electron chi connectivity index (χ4n) is 4.04. The Bertz CT molecular complexity index is 735. The summed E-state index contributed by atoms with van der Waals surface area (Å²) < 4.78 is 6.93. The Labute approximate surface area is 153 Å². The van der Waals surface area contributed by atoms with Gasteiger partial charge in [-0.1, -0.05) is 11.6 Å². The summed E-state index contributed by atoms with van der Waals surface area (Å²) in [7, 11) is 2.05. The molecule has 8 heteroatoms. The van der Waals surface area contributed by atoms with Gasteiger partial charge in [0.1, 0.15) is 17.9 Å². The highest BCUT2D eigenvalue weighted by Gasteiger charge is 2.30. The minimum atomic E-state index is -0.0702. The van der Waals surface area contributed by atoms with E-state index in [0.717, 1.165) is 50.7 Å². The summed E-state index contributed by atoms with van der Waals surface area (Å²) in [6, 6.07) is 1.62. The SMILES string of the molecule is Cn1c(CN2CCCCC2)nnc1[C@@H]1CCCN(C(=O)c2ccon2)C1. The maximum absolute atomic E-state index is 12.5. The van der Waals surface area contributed by atoms with E-state index in [1.165, 1.54) is 25.5 Å². The molecule has 0 N–H and O–H groups in total. The van der Waals surface area contributed by atoms with Crippen LogP contribution in [0.1, 0.15) is 60.2 Å². The van der Waals surface area contributed by atoms with E-state index in [9.17, 15) is 4.79 Å². The monoisotopic (exact) mass is 358 g/mol. The van der Waals surface area contributed by atoms with E-state index in [1.807, 2.05) is 11.9 Å². The Morgan fingerprint density at radius 3 is 2.81 bits per heavy atom. The molecule has 4 heterocycles. The highest BCUT2D eigenvalue weighted by Crippen LogP contribution is 2.27. The fourth-order valence-corrected chi connectivity index (χ4v) is 4.04. The van der Waals surface area contributed by atoms with E-state index in [4.69, 9.17) is 4.52 Å². The van der Waals surface area contributed by atoms with Crippen LogP contribution in [0, 0.1) is 0 Å². The maximum atomic E-state index is 12.5. The summed E-state index contributed by atoms with van der Waals surface area (Å²) >= 11 is 0. The van der Waals surface area contributed by atoms with Crippen LogP contribution in [-0.4, -0.2) is 61.8 Å². The van der Waals surface area contributed by atoms with E-state index in [2.05, 4.69) is 24.8 Å². The van der Waals surface area contributed by atoms with E-state index in [1.54, 1.807) is 6.07 Å². The molecule has 0 saturated carbocycles. The van der Waals surface area contributed by atoms with Gasteiger partial charge in [-0.2, -0.15) is 0 Å².